The SMILES string of the molecule is C=C(C)CC(=O)NC(=C)C. The van der Waals surface area contributed by atoms with Gasteiger partial charge in [0.1, 0.15) is 0 Å². The fourth-order valence-electron chi connectivity index (χ4n) is 0.556. The number of rotatable bonds is 3. The Labute approximate surface area is 61.6 Å². The van der Waals surface area contributed by atoms with E-state index in [2.05, 4.69) is 18.5 Å². The summed E-state index contributed by atoms with van der Waals surface area (Å²) in [6, 6.07) is 0. The molecule has 0 heterocycles. The molecule has 0 spiro atoms. The molecule has 56 valence electrons. The van der Waals surface area contributed by atoms with E-state index in [1.807, 2.05) is 6.92 Å². The lowest BCUT2D eigenvalue weighted by Gasteiger charge is -2.01. The molecule has 0 bridgehead atoms. The van der Waals surface area contributed by atoms with Gasteiger partial charge in [-0.3, -0.25) is 4.79 Å². The van der Waals surface area contributed by atoms with E-state index in [0.717, 1.165) is 5.57 Å². The van der Waals surface area contributed by atoms with E-state index in [9.17, 15) is 4.79 Å². The second kappa shape index (κ2) is 3.88. The molecule has 0 rings (SSSR count). The third kappa shape index (κ3) is 5.09. The first-order valence-corrected chi connectivity index (χ1v) is 3.12. The number of allylic oxidation sites excluding steroid dienone is 1. The molecule has 2 nitrogen and oxygen atoms in total. The van der Waals surface area contributed by atoms with Gasteiger partial charge in [0.05, 0.1) is 0 Å². The predicted octanol–water partition coefficient (Wildman–Crippen LogP) is 1.60. The van der Waals surface area contributed by atoms with Gasteiger partial charge in [0, 0.05) is 12.1 Å². The Morgan fingerprint density at radius 1 is 1.40 bits per heavy atom. The summed E-state index contributed by atoms with van der Waals surface area (Å²) in [7, 11) is 0. The van der Waals surface area contributed by atoms with Crippen molar-refractivity contribution in [3.63, 3.8) is 0 Å². The van der Waals surface area contributed by atoms with Crippen molar-refractivity contribution < 1.29 is 4.79 Å². The first-order chi connectivity index (χ1) is 4.52. The van der Waals surface area contributed by atoms with Gasteiger partial charge in [0.15, 0.2) is 0 Å². The van der Waals surface area contributed by atoms with Gasteiger partial charge >= 0.3 is 0 Å². The lowest BCUT2D eigenvalue weighted by molar-refractivity contribution is -0.119. The summed E-state index contributed by atoms with van der Waals surface area (Å²) in [4.78, 5) is 10.8. The van der Waals surface area contributed by atoms with Crippen molar-refractivity contribution in [2.24, 2.45) is 0 Å². The molecule has 0 saturated carbocycles. The molecular formula is C8H13NO. The maximum atomic E-state index is 10.8. The highest BCUT2D eigenvalue weighted by Crippen LogP contribution is 1.94. The van der Waals surface area contributed by atoms with Crippen LogP contribution in [0.1, 0.15) is 20.3 Å². The first-order valence-electron chi connectivity index (χ1n) is 3.12. The summed E-state index contributed by atoms with van der Waals surface area (Å²) in [5.41, 5.74) is 1.53. The predicted molar refractivity (Wildman–Crippen MR) is 42.4 cm³/mol. The summed E-state index contributed by atoms with van der Waals surface area (Å²) in [6.07, 6.45) is 0.382. The molecule has 0 aliphatic carbocycles. The molecule has 0 atom stereocenters. The van der Waals surface area contributed by atoms with Crippen LogP contribution in [0.5, 0.6) is 0 Å². The minimum atomic E-state index is -0.0417. The van der Waals surface area contributed by atoms with Crippen LogP contribution in [0.4, 0.5) is 0 Å². The van der Waals surface area contributed by atoms with Crippen LogP contribution in [0.15, 0.2) is 24.4 Å². The van der Waals surface area contributed by atoms with Crippen molar-refractivity contribution >= 4 is 5.91 Å². The normalized spacial score (nSPS) is 8.60. The van der Waals surface area contributed by atoms with E-state index in [4.69, 9.17) is 0 Å². The molecule has 0 unspecified atom stereocenters. The average molecular weight is 139 g/mol. The number of nitrogens with one attached hydrogen (secondary N) is 1. The highest BCUT2D eigenvalue weighted by atomic mass is 16.1. The van der Waals surface area contributed by atoms with Crippen LogP contribution >= 0.6 is 0 Å². The molecule has 0 aromatic carbocycles. The zero-order valence-electron chi connectivity index (χ0n) is 6.53. The maximum absolute atomic E-state index is 10.8. The van der Waals surface area contributed by atoms with Crippen molar-refractivity contribution in [3.05, 3.63) is 24.4 Å². The van der Waals surface area contributed by atoms with Crippen LogP contribution in [0.25, 0.3) is 0 Å². The van der Waals surface area contributed by atoms with Gasteiger partial charge in [-0.05, 0) is 13.8 Å². The monoisotopic (exact) mass is 139 g/mol. The second-order valence-electron chi connectivity index (χ2n) is 2.46. The van der Waals surface area contributed by atoms with Gasteiger partial charge in [0.2, 0.25) is 5.91 Å². The molecule has 0 fully saturated rings. The van der Waals surface area contributed by atoms with Crippen molar-refractivity contribution in [2.75, 3.05) is 0 Å². The number of carbonyl (C=O) groups excluding carboxylic acids is 1. The van der Waals surface area contributed by atoms with E-state index in [-0.39, 0.29) is 5.91 Å². The summed E-state index contributed by atoms with van der Waals surface area (Å²) in [5, 5.41) is 2.58. The van der Waals surface area contributed by atoms with E-state index in [1.54, 1.807) is 6.92 Å². The smallest absolute Gasteiger partial charge is 0.228 e. The number of hydrogen-bond donors (Lipinski definition) is 1. The maximum Gasteiger partial charge on any atom is 0.228 e. The van der Waals surface area contributed by atoms with Crippen molar-refractivity contribution in [1.82, 2.24) is 5.32 Å². The number of carbonyl (C=O) groups is 1. The molecule has 0 saturated heterocycles. The minimum absolute atomic E-state index is 0.0417. The van der Waals surface area contributed by atoms with Gasteiger partial charge in [-0.25, -0.2) is 0 Å². The van der Waals surface area contributed by atoms with E-state index < -0.39 is 0 Å². The Bertz CT molecular complexity index is 152. The zero-order valence-corrected chi connectivity index (χ0v) is 6.53. The molecule has 0 radical (unpaired) electrons. The van der Waals surface area contributed by atoms with Crippen LogP contribution in [0.2, 0.25) is 0 Å². The topological polar surface area (TPSA) is 29.1 Å². The van der Waals surface area contributed by atoms with Gasteiger partial charge in [0.25, 0.3) is 0 Å². The van der Waals surface area contributed by atoms with Gasteiger partial charge in [-0.15, -0.1) is 0 Å². The number of amides is 1. The lowest BCUT2D eigenvalue weighted by Crippen LogP contribution is -2.20. The van der Waals surface area contributed by atoms with Gasteiger partial charge in [-0.2, -0.15) is 0 Å². The van der Waals surface area contributed by atoms with Crippen LogP contribution in [-0.4, -0.2) is 5.91 Å². The highest BCUT2D eigenvalue weighted by Gasteiger charge is 1.98. The van der Waals surface area contributed by atoms with Crippen LogP contribution < -0.4 is 5.32 Å². The highest BCUT2D eigenvalue weighted by molar-refractivity contribution is 5.79. The van der Waals surface area contributed by atoms with Crippen molar-refractivity contribution in [3.8, 4) is 0 Å². The van der Waals surface area contributed by atoms with E-state index in [1.165, 1.54) is 0 Å². The van der Waals surface area contributed by atoms with Crippen LogP contribution in [-0.2, 0) is 4.79 Å². The van der Waals surface area contributed by atoms with E-state index >= 15 is 0 Å². The summed E-state index contributed by atoms with van der Waals surface area (Å²) >= 11 is 0. The first kappa shape index (κ1) is 8.95. The zero-order chi connectivity index (χ0) is 8.15. The van der Waals surface area contributed by atoms with Gasteiger partial charge in [-0.1, -0.05) is 18.7 Å². The third-order valence-corrected chi connectivity index (χ3v) is 0.815. The molecule has 0 aromatic heterocycles. The summed E-state index contributed by atoms with van der Waals surface area (Å²) in [5.74, 6) is -0.0417. The number of hydrogen-bond acceptors (Lipinski definition) is 1. The molecule has 2 heteroatoms. The molecule has 0 aliphatic heterocycles. The largest absolute Gasteiger partial charge is 0.330 e. The Balaban J connectivity index is 3.65. The lowest BCUT2D eigenvalue weighted by atomic mass is 10.2. The minimum Gasteiger partial charge on any atom is -0.330 e. The van der Waals surface area contributed by atoms with Gasteiger partial charge < -0.3 is 5.32 Å². The average Bonchev–Trinajstić information content (AvgIpc) is 1.58. The van der Waals surface area contributed by atoms with Crippen LogP contribution in [0, 0.1) is 0 Å². The Morgan fingerprint density at radius 3 is 2.20 bits per heavy atom. The van der Waals surface area contributed by atoms with Crippen molar-refractivity contribution in [2.45, 2.75) is 20.3 Å². The van der Waals surface area contributed by atoms with E-state index in [0.29, 0.717) is 12.1 Å². The molecule has 1 amide bonds. The molecule has 1 N–H and O–H groups in total. The summed E-state index contributed by atoms with van der Waals surface area (Å²) in [6.45, 7) is 10.7. The molecule has 10 heavy (non-hydrogen) atoms. The third-order valence-electron chi connectivity index (χ3n) is 0.815. The fraction of sp³-hybridized carbons (Fsp3) is 0.375. The fourth-order valence-corrected chi connectivity index (χ4v) is 0.556. The second-order valence-corrected chi connectivity index (χ2v) is 2.46. The standard InChI is InChI=1S/C8H13NO/c1-6(2)5-8(10)9-7(3)4/h1,3,5H2,2,4H3,(H,9,10). The molecule has 0 aliphatic rings. The molecule has 0 aromatic rings. The quantitative estimate of drug-likeness (QED) is 0.591. The molecular weight excluding hydrogens is 126 g/mol. The summed E-state index contributed by atoms with van der Waals surface area (Å²) < 4.78 is 0. The van der Waals surface area contributed by atoms with Crippen molar-refractivity contribution in [1.29, 1.82) is 0 Å². The Hall–Kier alpha value is -1.05. The van der Waals surface area contributed by atoms with Crippen LogP contribution in [0.3, 0.4) is 0 Å². The Morgan fingerprint density at radius 2 is 1.90 bits per heavy atom. The Kier molecular flexibility index (Phi) is 3.47.